The molecule has 2 atom stereocenters. The molecule has 0 saturated carbocycles. The molecule has 0 aromatic carbocycles. The van der Waals surface area contributed by atoms with Gasteiger partial charge in [0.2, 0.25) is 5.91 Å². The lowest BCUT2D eigenvalue weighted by atomic mass is 10.0. The van der Waals surface area contributed by atoms with Crippen LogP contribution >= 0.6 is 0 Å². The van der Waals surface area contributed by atoms with E-state index < -0.39 is 12.1 Å². The highest BCUT2D eigenvalue weighted by atomic mass is 16.3. The second kappa shape index (κ2) is 50.0. The second-order valence-corrected chi connectivity index (χ2v) is 17.9. The van der Waals surface area contributed by atoms with E-state index in [4.69, 9.17) is 0 Å². The van der Waals surface area contributed by atoms with E-state index in [1.54, 1.807) is 6.08 Å². The van der Waals surface area contributed by atoms with Crippen molar-refractivity contribution in [3.63, 3.8) is 0 Å². The van der Waals surface area contributed by atoms with E-state index >= 15 is 0 Å². The van der Waals surface area contributed by atoms with Crippen LogP contribution in [0.15, 0.2) is 36.5 Å². The van der Waals surface area contributed by atoms with Crippen LogP contribution in [0.1, 0.15) is 284 Å². The molecule has 0 saturated heterocycles. The van der Waals surface area contributed by atoms with E-state index in [0.29, 0.717) is 6.42 Å². The molecule has 0 aliphatic heterocycles. The van der Waals surface area contributed by atoms with E-state index in [1.807, 2.05) is 6.08 Å². The summed E-state index contributed by atoms with van der Waals surface area (Å²) in [5, 5.41) is 23.1. The van der Waals surface area contributed by atoms with Gasteiger partial charge >= 0.3 is 0 Å². The number of carbonyl (C=O) groups excluding carboxylic acids is 1. The molecule has 0 rings (SSSR count). The number of hydrogen-bond acceptors (Lipinski definition) is 3. The number of hydrogen-bond donors (Lipinski definition) is 3. The van der Waals surface area contributed by atoms with Crippen LogP contribution in [0, 0.1) is 0 Å². The maximum Gasteiger partial charge on any atom is 0.220 e. The maximum absolute atomic E-state index is 12.4. The minimum atomic E-state index is -0.843. The van der Waals surface area contributed by atoms with Crippen molar-refractivity contribution < 1.29 is 15.0 Å². The minimum Gasteiger partial charge on any atom is -0.394 e. The lowest BCUT2D eigenvalue weighted by molar-refractivity contribution is -0.123. The Morgan fingerprint density at radius 2 is 0.707 bits per heavy atom. The Morgan fingerprint density at radius 3 is 1.07 bits per heavy atom. The molecular formula is C54H103NO3. The van der Waals surface area contributed by atoms with Crippen LogP contribution in [0.25, 0.3) is 0 Å². The van der Waals surface area contributed by atoms with Gasteiger partial charge in [-0.3, -0.25) is 4.79 Å². The number of aliphatic hydroxyl groups excluding tert-OH is 2. The lowest BCUT2D eigenvalue weighted by Crippen LogP contribution is -2.45. The molecule has 4 heteroatoms. The quantitative estimate of drug-likeness (QED) is 0.0423. The van der Waals surface area contributed by atoms with Crippen molar-refractivity contribution >= 4 is 5.91 Å². The van der Waals surface area contributed by atoms with Gasteiger partial charge in [0.15, 0.2) is 0 Å². The van der Waals surface area contributed by atoms with E-state index in [-0.39, 0.29) is 12.5 Å². The third kappa shape index (κ3) is 45.7. The van der Waals surface area contributed by atoms with Crippen LogP contribution in [0.3, 0.4) is 0 Å². The number of aliphatic hydroxyl groups is 2. The molecular weight excluding hydrogens is 711 g/mol. The fourth-order valence-corrected chi connectivity index (χ4v) is 8.09. The van der Waals surface area contributed by atoms with Crippen LogP contribution in [0.2, 0.25) is 0 Å². The van der Waals surface area contributed by atoms with Crippen molar-refractivity contribution in [1.29, 1.82) is 0 Å². The molecule has 0 spiro atoms. The zero-order chi connectivity index (χ0) is 42.1. The third-order valence-electron chi connectivity index (χ3n) is 12.1. The molecule has 4 nitrogen and oxygen atoms in total. The first-order valence-electron chi connectivity index (χ1n) is 26.2. The summed E-state index contributed by atoms with van der Waals surface area (Å²) in [6.45, 7) is 4.30. The van der Waals surface area contributed by atoms with E-state index in [0.717, 1.165) is 32.1 Å². The molecule has 0 aliphatic carbocycles. The molecule has 0 bridgehead atoms. The predicted molar refractivity (Wildman–Crippen MR) is 258 cm³/mol. The summed E-state index contributed by atoms with van der Waals surface area (Å²) in [7, 11) is 0. The van der Waals surface area contributed by atoms with Gasteiger partial charge in [-0.25, -0.2) is 0 Å². The van der Waals surface area contributed by atoms with Gasteiger partial charge in [0.05, 0.1) is 18.8 Å². The van der Waals surface area contributed by atoms with Crippen molar-refractivity contribution in [3.05, 3.63) is 36.5 Å². The summed E-state index contributed by atoms with van der Waals surface area (Å²) in [5.41, 5.74) is 0. The predicted octanol–water partition coefficient (Wildman–Crippen LogP) is 16.9. The summed E-state index contributed by atoms with van der Waals surface area (Å²) in [6.07, 6.45) is 67.2. The summed E-state index contributed by atoms with van der Waals surface area (Å²) in [5.74, 6) is -0.0698. The summed E-state index contributed by atoms with van der Waals surface area (Å²) < 4.78 is 0. The van der Waals surface area contributed by atoms with Crippen LogP contribution in [0.5, 0.6) is 0 Å². The highest BCUT2D eigenvalue weighted by Crippen LogP contribution is 2.17. The van der Waals surface area contributed by atoms with Gasteiger partial charge in [0, 0.05) is 6.42 Å². The Labute approximate surface area is 363 Å². The average molecular weight is 814 g/mol. The summed E-state index contributed by atoms with van der Waals surface area (Å²) in [6, 6.07) is -0.626. The Bertz CT molecular complexity index is 882. The van der Waals surface area contributed by atoms with Crippen molar-refractivity contribution in [1.82, 2.24) is 5.32 Å². The second-order valence-electron chi connectivity index (χ2n) is 17.9. The fourth-order valence-electron chi connectivity index (χ4n) is 8.09. The summed E-state index contributed by atoms with van der Waals surface area (Å²) >= 11 is 0. The first-order chi connectivity index (χ1) is 28.7. The van der Waals surface area contributed by atoms with Crippen molar-refractivity contribution in [2.45, 2.75) is 296 Å². The molecule has 342 valence electrons. The monoisotopic (exact) mass is 814 g/mol. The molecule has 0 aromatic rings. The first kappa shape index (κ1) is 56.6. The zero-order valence-electron chi connectivity index (χ0n) is 39.3. The Hall–Kier alpha value is -1.39. The van der Waals surface area contributed by atoms with Gasteiger partial charge < -0.3 is 15.5 Å². The SMILES string of the molecule is CCCCC/C=C\C/C=C\CCCCCCCCCC(=O)NC(CO)C(O)/C=C/CCCCCCCCCCCCCCCCCCCCCCCCCCCCC. The molecule has 2 unspecified atom stereocenters. The van der Waals surface area contributed by atoms with E-state index in [1.165, 1.54) is 231 Å². The van der Waals surface area contributed by atoms with Crippen molar-refractivity contribution in [2.24, 2.45) is 0 Å². The number of allylic oxidation sites excluding steroid dienone is 5. The maximum atomic E-state index is 12.4. The van der Waals surface area contributed by atoms with Gasteiger partial charge in [-0.05, 0) is 51.4 Å². The van der Waals surface area contributed by atoms with Crippen LogP contribution in [-0.4, -0.2) is 34.9 Å². The van der Waals surface area contributed by atoms with Crippen LogP contribution in [-0.2, 0) is 4.79 Å². The van der Waals surface area contributed by atoms with Gasteiger partial charge in [0.25, 0.3) is 0 Å². The molecule has 0 heterocycles. The van der Waals surface area contributed by atoms with Gasteiger partial charge in [-0.1, -0.05) is 262 Å². The van der Waals surface area contributed by atoms with Gasteiger partial charge in [0.1, 0.15) is 0 Å². The lowest BCUT2D eigenvalue weighted by Gasteiger charge is -2.20. The largest absolute Gasteiger partial charge is 0.394 e. The van der Waals surface area contributed by atoms with Crippen molar-refractivity contribution in [2.75, 3.05) is 6.61 Å². The van der Waals surface area contributed by atoms with E-state index in [2.05, 4.69) is 43.5 Å². The molecule has 0 radical (unpaired) electrons. The number of nitrogens with one attached hydrogen (secondary N) is 1. The minimum absolute atomic E-state index is 0.0698. The van der Waals surface area contributed by atoms with Gasteiger partial charge in [-0.2, -0.15) is 0 Å². The molecule has 0 aromatic heterocycles. The highest BCUT2D eigenvalue weighted by molar-refractivity contribution is 5.76. The Morgan fingerprint density at radius 1 is 0.414 bits per heavy atom. The molecule has 3 N–H and O–H groups in total. The average Bonchev–Trinajstić information content (AvgIpc) is 3.23. The highest BCUT2D eigenvalue weighted by Gasteiger charge is 2.18. The number of rotatable bonds is 48. The van der Waals surface area contributed by atoms with Crippen LogP contribution < -0.4 is 5.32 Å². The molecule has 58 heavy (non-hydrogen) atoms. The first-order valence-corrected chi connectivity index (χ1v) is 26.2. The number of carbonyl (C=O) groups is 1. The topological polar surface area (TPSA) is 69.6 Å². The third-order valence-corrected chi connectivity index (χ3v) is 12.1. The smallest absolute Gasteiger partial charge is 0.220 e. The fraction of sp³-hybridized carbons (Fsp3) is 0.870. The van der Waals surface area contributed by atoms with Crippen LogP contribution in [0.4, 0.5) is 0 Å². The zero-order valence-corrected chi connectivity index (χ0v) is 39.3. The van der Waals surface area contributed by atoms with Gasteiger partial charge in [-0.15, -0.1) is 0 Å². The van der Waals surface area contributed by atoms with E-state index in [9.17, 15) is 15.0 Å². The number of amides is 1. The molecule has 0 fully saturated rings. The molecule has 0 aliphatic rings. The Balaban J connectivity index is 3.48. The van der Waals surface area contributed by atoms with Crippen molar-refractivity contribution in [3.8, 4) is 0 Å². The summed E-state index contributed by atoms with van der Waals surface area (Å²) in [4.78, 5) is 12.4. The standard InChI is InChI=1S/C54H103NO3/c1-3-5-7-9-11-13-15-17-19-21-22-23-24-25-26-27-28-29-30-31-32-34-35-37-39-41-43-45-47-49-53(57)52(51-56)55-54(58)50-48-46-44-42-40-38-36-33-20-18-16-14-12-10-8-6-4-2/h12,14,18,20,47,49,52-53,56-57H,3-11,13,15-17,19,21-46,48,50-51H2,1-2H3,(H,55,58)/b14-12-,20-18-,49-47+. The number of unbranched alkanes of at least 4 members (excludes halogenated alkanes) is 37. The normalized spacial score (nSPS) is 13.1. The molecule has 1 amide bonds. The Kier molecular flexibility index (Phi) is 48.8.